The van der Waals surface area contributed by atoms with E-state index in [0.717, 1.165) is 35.2 Å². The van der Waals surface area contributed by atoms with Crippen molar-refractivity contribution in [2.45, 2.75) is 59.1 Å². The molecule has 2 aromatic carbocycles. The normalized spacial score (nSPS) is 14.4. The van der Waals surface area contributed by atoms with Gasteiger partial charge in [-0.05, 0) is 93.5 Å². The van der Waals surface area contributed by atoms with Crippen molar-refractivity contribution < 1.29 is 9.53 Å². The van der Waals surface area contributed by atoms with Gasteiger partial charge in [-0.25, -0.2) is 4.79 Å². The molecule has 0 bridgehead atoms. The van der Waals surface area contributed by atoms with E-state index in [-0.39, 0.29) is 18.0 Å². The van der Waals surface area contributed by atoms with Crippen molar-refractivity contribution in [3.05, 3.63) is 65.0 Å². The molecule has 3 rings (SSSR count). The van der Waals surface area contributed by atoms with Crippen LogP contribution in [0.1, 0.15) is 55.9 Å². The highest BCUT2D eigenvalue weighted by molar-refractivity contribution is 5.84. The number of amides is 1. The molecule has 0 unspecified atom stereocenters. The first-order valence-electron chi connectivity index (χ1n) is 11.8. The van der Waals surface area contributed by atoms with Gasteiger partial charge in [-0.3, -0.25) is 0 Å². The topological polar surface area (TPSA) is 93.6 Å². The molecule has 1 fully saturated rings. The lowest BCUT2D eigenvalue weighted by Crippen LogP contribution is -2.44. The van der Waals surface area contributed by atoms with Gasteiger partial charge in [-0.15, -0.1) is 0 Å². The highest BCUT2D eigenvalue weighted by Gasteiger charge is 2.27. The van der Waals surface area contributed by atoms with Crippen LogP contribution in [0.4, 0.5) is 10.5 Å². The van der Waals surface area contributed by atoms with Gasteiger partial charge in [-0.1, -0.05) is 30.9 Å². The SMILES string of the molecule is C=Cc1cc(-c2c(C)cccc2C)cc(NC2CCN(C(=O)OC(C)(C)C)CC2)c1C=C(N)N. The van der Waals surface area contributed by atoms with Crippen molar-refractivity contribution in [3.8, 4) is 11.1 Å². The molecule has 6 nitrogen and oxygen atoms in total. The minimum absolute atomic E-state index is 0.204. The molecule has 0 aromatic heterocycles. The highest BCUT2D eigenvalue weighted by Crippen LogP contribution is 2.35. The van der Waals surface area contributed by atoms with Crippen LogP contribution < -0.4 is 16.8 Å². The number of nitrogens with zero attached hydrogens (tertiary/aromatic N) is 1. The van der Waals surface area contributed by atoms with E-state index in [4.69, 9.17) is 16.2 Å². The zero-order chi connectivity index (χ0) is 25.0. The average molecular weight is 463 g/mol. The second kappa shape index (κ2) is 10.2. The van der Waals surface area contributed by atoms with Crippen LogP contribution in [-0.4, -0.2) is 35.7 Å². The third-order valence-corrected chi connectivity index (χ3v) is 6.02. The van der Waals surface area contributed by atoms with E-state index in [9.17, 15) is 4.79 Å². The number of ether oxygens (including phenoxy) is 1. The van der Waals surface area contributed by atoms with Gasteiger partial charge in [-0.2, -0.15) is 0 Å². The molecule has 0 spiro atoms. The number of nitrogens with one attached hydrogen (secondary N) is 1. The molecule has 1 heterocycles. The third kappa shape index (κ3) is 6.13. The number of likely N-dealkylation sites (tertiary alicyclic amines) is 1. The summed E-state index contributed by atoms with van der Waals surface area (Å²) in [7, 11) is 0. The Kier molecular flexibility index (Phi) is 7.60. The Morgan fingerprint density at radius 3 is 2.29 bits per heavy atom. The van der Waals surface area contributed by atoms with Crippen molar-refractivity contribution >= 4 is 23.9 Å². The van der Waals surface area contributed by atoms with E-state index >= 15 is 0 Å². The van der Waals surface area contributed by atoms with Gasteiger partial charge in [0.1, 0.15) is 5.60 Å². The summed E-state index contributed by atoms with van der Waals surface area (Å²) in [5.74, 6) is 0.241. The quantitative estimate of drug-likeness (QED) is 0.535. The first kappa shape index (κ1) is 25.2. The molecule has 0 atom stereocenters. The number of anilines is 1. The molecular formula is C28H38N4O2. The van der Waals surface area contributed by atoms with Gasteiger partial charge in [0, 0.05) is 30.4 Å². The van der Waals surface area contributed by atoms with Crippen LogP contribution in [-0.2, 0) is 4.74 Å². The Morgan fingerprint density at radius 1 is 1.15 bits per heavy atom. The number of piperidine rings is 1. The summed E-state index contributed by atoms with van der Waals surface area (Å²) in [4.78, 5) is 14.2. The second-order valence-electron chi connectivity index (χ2n) is 10.0. The van der Waals surface area contributed by atoms with Gasteiger partial charge in [0.2, 0.25) is 0 Å². The summed E-state index contributed by atoms with van der Waals surface area (Å²) in [6.07, 6.45) is 5.00. The van der Waals surface area contributed by atoms with E-state index in [1.807, 2.05) is 26.8 Å². The van der Waals surface area contributed by atoms with Crippen LogP contribution >= 0.6 is 0 Å². The number of benzene rings is 2. The molecule has 0 aliphatic carbocycles. The molecule has 1 amide bonds. The molecule has 6 heteroatoms. The minimum atomic E-state index is -0.495. The summed E-state index contributed by atoms with van der Waals surface area (Å²) in [5, 5.41) is 3.70. The van der Waals surface area contributed by atoms with E-state index in [0.29, 0.717) is 13.1 Å². The van der Waals surface area contributed by atoms with Gasteiger partial charge in [0.25, 0.3) is 0 Å². The lowest BCUT2D eigenvalue weighted by Gasteiger charge is -2.34. The second-order valence-corrected chi connectivity index (χ2v) is 10.0. The summed E-state index contributed by atoms with van der Waals surface area (Å²) >= 11 is 0. The number of carbonyl (C=O) groups is 1. The molecule has 5 N–H and O–H groups in total. The Labute approximate surface area is 203 Å². The highest BCUT2D eigenvalue weighted by atomic mass is 16.6. The van der Waals surface area contributed by atoms with E-state index in [2.05, 4.69) is 56.1 Å². The van der Waals surface area contributed by atoms with Gasteiger partial charge >= 0.3 is 6.09 Å². The lowest BCUT2D eigenvalue weighted by atomic mass is 9.91. The number of hydrogen-bond acceptors (Lipinski definition) is 5. The van der Waals surface area contributed by atoms with E-state index in [1.54, 1.807) is 11.0 Å². The predicted octanol–water partition coefficient (Wildman–Crippen LogP) is 5.64. The van der Waals surface area contributed by atoms with Crippen LogP contribution in [0.5, 0.6) is 0 Å². The number of aryl methyl sites for hydroxylation is 2. The smallest absolute Gasteiger partial charge is 0.410 e. The summed E-state index contributed by atoms with van der Waals surface area (Å²) in [6.45, 7) is 15.2. The molecule has 2 aromatic rings. The van der Waals surface area contributed by atoms with E-state index in [1.165, 1.54) is 16.7 Å². The fourth-order valence-corrected chi connectivity index (χ4v) is 4.46. The predicted molar refractivity (Wildman–Crippen MR) is 142 cm³/mol. The standard InChI is InChI=1S/C28H38N4O2/c1-7-20-15-21(26-18(2)9-8-10-19(26)3)16-24(23(20)17-25(29)30)31-22-11-13-32(14-12-22)27(33)34-28(4,5)6/h7-10,15-17,22,31H,1,11-14,29-30H2,2-6H3. The van der Waals surface area contributed by atoms with Crippen molar-refractivity contribution in [2.24, 2.45) is 11.5 Å². The van der Waals surface area contributed by atoms with Crippen molar-refractivity contribution in [3.63, 3.8) is 0 Å². The van der Waals surface area contributed by atoms with Crippen LogP contribution in [0.3, 0.4) is 0 Å². The zero-order valence-electron chi connectivity index (χ0n) is 21.1. The lowest BCUT2D eigenvalue weighted by molar-refractivity contribution is 0.0210. The fraction of sp³-hybridized carbons (Fsp3) is 0.393. The van der Waals surface area contributed by atoms with Crippen LogP contribution in [0.2, 0.25) is 0 Å². The minimum Gasteiger partial charge on any atom is -0.444 e. The van der Waals surface area contributed by atoms with Gasteiger partial charge in [0.15, 0.2) is 0 Å². The summed E-state index contributed by atoms with van der Waals surface area (Å²) in [6, 6.07) is 10.8. The van der Waals surface area contributed by atoms with Crippen molar-refractivity contribution in [1.82, 2.24) is 4.90 Å². The van der Waals surface area contributed by atoms with Crippen LogP contribution in [0.15, 0.2) is 42.7 Å². The zero-order valence-corrected chi connectivity index (χ0v) is 21.1. The molecule has 1 saturated heterocycles. The van der Waals surface area contributed by atoms with Gasteiger partial charge in [0.05, 0.1) is 5.82 Å². The third-order valence-electron chi connectivity index (χ3n) is 6.02. The summed E-state index contributed by atoms with van der Waals surface area (Å²) in [5.41, 5.74) is 18.8. The maximum Gasteiger partial charge on any atom is 0.410 e. The number of hydrogen-bond donors (Lipinski definition) is 3. The number of nitrogens with two attached hydrogens (primary N) is 2. The first-order valence-corrected chi connectivity index (χ1v) is 11.8. The average Bonchev–Trinajstić information content (AvgIpc) is 2.74. The Balaban J connectivity index is 1.90. The molecule has 1 aliphatic rings. The molecule has 0 radical (unpaired) electrons. The van der Waals surface area contributed by atoms with E-state index < -0.39 is 5.60 Å². The van der Waals surface area contributed by atoms with Gasteiger partial charge < -0.3 is 26.4 Å². The molecule has 34 heavy (non-hydrogen) atoms. The Hall–Kier alpha value is -3.41. The Morgan fingerprint density at radius 2 is 1.76 bits per heavy atom. The molecule has 1 aliphatic heterocycles. The number of carbonyl (C=O) groups excluding carboxylic acids is 1. The largest absolute Gasteiger partial charge is 0.444 e. The maximum absolute atomic E-state index is 12.4. The monoisotopic (exact) mass is 462 g/mol. The maximum atomic E-state index is 12.4. The van der Waals surface area contributed by atoms with Crippen LogP contribution in [0.25, 0.3) is 23.3 Å². The Bertz CT molecular complexity index is 1070. The number of rotatable bonds is 5. The molecule has 0 saturated carbocycles. The van der Waals surface area contributed by atoms with Crippen molar-refractivity contribution in [1.29, 1.82) is 0 Å². The summed E-state index contributed by atoms with van der Waals surface area (Å²) < 4.78 is 5.53. The first-order chi connectivity index (χ1) is 16.0. The fourth-order valence-electron chi connectivity index (χ4n) is 4.46. The molecular weight excluding hydrogens is 424 g/mol. The molecule has 182 valence electrons. The van der Waals surface area contributed by atoms with Crippen molar-refractivity contribution in [2.75, 3.05) is 18.4 Å². The van der Waals surface area contributed by atoms with Crippen LogP contribution in [0, 0.1) is 13.8 Å².